The Labute approximate surface area is 94.4 Å². The van der Waals surface area contributed by atoms with E-state index < -0.39 is 5.97 Å². The van der Waals surface area contributed by atoms with Crippen molar-refractivity contribution in [2.45, 2.75) is 39.2 Å². The van der Waals surface area contributed by atoms with Crippen LogP contribution in [0.15, 0.2) is 10.6 Å². The Morgan fingerprint density at radius 1 is 1.50 bits per heavy atom. The number of hydrogen-bond donors (Lipinski definition) is 1. The average molecular weight is 227 g/mol. The van der Waals surface area contributed by atoms with Gasteiger partial charge in [0.1, 0.15) is 6.61 Å². The number of carboxylic acid groups (broad SMARTS) is 1. The molecule has 5 nitrogen and oxygen atoms in total. The van der Waals surface area contributed by atoms with Crippen molar-refractivity contribution in [3.05, 3.63) is 17.5 Å². The fourth-order valence-corrected chi connectivity index (χ4v) is 1.29. The molecule has 0 radical (unpaired) electrons. The van der Waals surface area contributed by atoms with E-state index in [1.807, 2.05) is 0 Å². The molecule has 0 aliphatic heterocycles. The number of hydrogen-bond acceptors (Lipinski definition) is 4. The van der Waals surface area contributed by atoms with E-state index in [4.69, 9.17) is 14.4 Å². The molecule has 0 saturated heterocycles. The zero-order chi connectivity index (χ0) is 11.8. The molecule has 0 aliphatic carbocycles. The standard InChI is InChI=1S/C11H17NO4/c1-2-3-4-5-6-15-8-9-7-10(11(13)14)12-16-9/h7H,2-6,8H2,1H3,(H,13,14). The lowest BCUT2D eigenvalue weighted by atomic mass is 10.2. The first-order valence-electron chi connectivity index (χ1n) is 5.50. The molecule has 16 heavy (non-hydrogen) atoms. The van der Waals surface area contributed by atoms with Crippen LogP contribution in [0.2, 0.25) is 0 Å². The molecular weight excluding hydrogens is 210 g/mol. The van der Waals surface area contributed by atoms with E-state index in [1.54, 1.807) is 0 Å². The Hall–Kier alpha value is -1.36. The minimum absolute atomic E-state index is 0.0791. The van der Waals surface area contributed by atoms with Crippen LogP contribution in [-0.2, 0) is 11.3 Å². The quantitative estimate of drug-likeness (QED) is 0.690. The summed E-state index contributed by atoms with van der Waals surface area (Å²) in [5, 5.41) is 12.0. The second kappa shape index (κ2) is 7.00. The summed E-state index contributed by atoms with van der Waals surface area (Å²) in [7, 11) is 0. The molecule has 1 aromatic rings. The van der Waals surface area contributed by atoms with Crippen LogP contribution in [0.3, 0.4) is 0 Å². The maximum absolute atomic E-state index is 10.5. The van der Waals surface area contributed by atoms with Crippen LogP contribution in [0.1, 0.15) is 48.9 Å². The fourth-order valence-electron chi connectivity index (χ4n) is 1.29. The number of ether oxygens (including phenoxy) is 1. The SMILES string of the molecule is CCCCCCOCc1cc(C(=O)O)no1. The molecule has 0 aromatic carbocycles. The normalized spacial score (nSPS) is 10.6. The lowest BCUT2D eigenvalue weighted by Gasteiger charge is -2.00. The molecule has 0 fully saturated rings. The second-order valence-corrected chi connectivity index (χ2v) is 3.60. The highest BCUT2D eigenvalue weighted by molar-refractivity contribution is 5.85. The smallest absolute Gasteiger partial charge is 0.358 e. The van der Waals surface area contributed by atoms with E-state index in [-0.39, 0.29) is 12.3 Å². The first-order valence-corrected chi connectivity index (χ1v) is 5.50. The van der Waals surface area contributed by atoms with E-state index in [0.29, 0.717) is 12.4 Å². The number of nitrogens with zero attached hydrogens (tertiary/aromatic N) is 1. The van der Waals surface area contributed by atoms with Crippen molar-refractivity contribution >= 4 is 5.97 Å². The molecule has 0 aliphatic rings. The number of carbonyl (C=O) groups is 1. The molecule has 0 atom stereocenters. The van der Waals surface area contributed by atoms with Crippen LogP contribution >= 0.6 is 0 Å². The molecule has 0 unspecified atom stereocenters. The Morgan fingerprint density at radius 3 is 2.94 bits per heavy atom. The zero-order valence-electron chi connectivity index (χ0n) is 9.44. The lowest BCUT2D eigenvalue weighted by Crippen LogP contribution is -1.96. The van der Waals surface area contributed by atoms with Gasteiger partial charge in [0.2, 0.25) is 0 Å². The monoisotopic (exact) mass is 227 g/mol. The minimum Gasteiger partial charge on any atom is -0.476 e. The molecule has 0 bridgehead atoms. The van der Waals surface area contributed by atoms with Gasteiger partial charge in [0, 0.05) is 12.7 Å². The van der Waals surface area contributed by atoms with Gasteiger partial charge in [0.25, 0.3) is 0 Å². The van der Waals surface area contributed by atoms with Crippen molar-refractivity contribution in [1.82, 2.24) is 5.16 Å². The van der Waals surface area contributed by atoms with Crippen LogP contribution in [-0.4, -0.2) is 22.8 Å². The predicted octanol–water partition coefficient (Wildman–Crippen LogP) is 2.47. The summed E-state index contributed by atoms with van der Waals surface area (Å²) in [4.78, 5) is 10.5. The topological polar surface area (TPSA) is 72.6 Å². The van der Waals surface area contributed by atoms with Crippen molar-refractivity contribution in [3.8, 4) is 0 Å². The van der Waals surface area contributed by atoms with Gasteiger partial charge in [-0.1, -0.05) is 31.3 Å². The zero-order valence-corrected chi connectivity index (χ0v) is 9.44. The summed E-state index contributed by atoms with van der Waals surface area (Å²) in [5.41, 5.74) is -0.0791. The Morgan fingerprint density at radius 2 is 2.31 bits per heavy atom. The summed E-state index contributed by atoms with van der Waals surface area (Å²) in [6.45, 7) is 3.11. The van der Waals surface area contributed by atoms with Crippen molar-refractivity contribution in [1.29, 1.82) is 0 Å². The second-order valence-electron chi connectivity index (χ2n) is 3.60. The molecular formula is C11H17NO4. The van der Waals surface area contributed by atoms with Crippen molar-refractivity contribution in [2.24, 2.45) is 0 Å². The highest BCUT2D eigenvalue weighted by Crippen LogP contribution is 2.06. The number of aromatic nitrogens is 1. The third-order valence-electron chi connectivity index (χ3n) is 2.16. The molecule has 1 aromatic heterocycles. The van der Waals surface area contributed by atoms with Crippen LogP contribution < -0.4 is 0 Å². The number of carboxylic acids is 1. The van der Waals surface area contributed by atoms with E-state index in [1.165, 1.54) is 18.9 Å². The molecule has 0 amide bonds. The summed E-state index contributed by atoms with van der Waals surface area (Å²) >= 11 is 0. The minimum atomic E-state index is -1.09. The molecule has 1 N–H and O–H groups in total. The van der Waals surface area contributed by atoms with Gasteiger partial charge in [0.05, 0.1) is 0 Å². The molecule has 0 saturated carbocycles. The van der Waals surface area contributed by atoms with Gasteiger partial charge in [-0.15, -0.1) is 0 Å². The summed E-state index contributed by atoms with van der Waals surface area (Å²) in [5.74, 6) is -0.633. The van der Waals surface area contributed by atoms with Gasteiger partial charge in [-0.25, -0.2) is 4.79 Å². The third-order valence-corrected chi connectivity index (χ3v) is 2.16. The summed E-state index contributed by atoms with van der Waals surface area (Å²) in [6, 6.07) is 1.38. The average Bonchev–Trinajstić information content (AvgIpc) is 2.72. The van der Waals surface area contributed by atoms with E-state index >= 15 is 0 Å². The van der Waals surface area contributed by atoms with Gasteiger partial charge in [0.15, 0.2) is 11.5 Å². The van der Waals surface area contributed by atoms with Crippen LogP contribution in [0.5, 0.6) is 0 Å². The van der Waals surface area contributed by atoms with Gasteiger partial charge in [-0.3, -0.25) is 0 Å². The molecule has 90 valence electrons. The Balaban J connectivity index is 2.14. The van der Waals surface area contributed by atoms with Crippen LogP contribution in [0.4, 0.5) is 0 Å². The summed E-state index contributed by atoms with van der Waals surface area (Å²) in [6.07, 6.45) is 4.60. The van der Waals surface area contributed by atoms with Crippen LogP contribution in [0, 0.1) is 0 Å². The molecule has 1 heterocycles. The number of unbranched alkanes of at least 4 members (excludes halogenated alkanes) is 3. The summed E-state index contributed by atoms with van der Waals surface area (Å²) < 4.78 is 10.1. The van der Waals surface area contributed by atoms with Crippen molar-refractivity contribution in [3.63, 3.8) is 0 Å². The highest BCUT2D eigenvalue weighted by Gasteiger charge is 2.10. The maximum Gasteiger partial charge on any atom is 0.358 e. The van der Waals surface area contributed by atoms with E-state index in [2.05, 4.69) is 12.1 Å². The van der Waals surface area contributed by atoms with E-state index in [0.717, 1.165) is 12.8 Å². The third kappa shape index (κ3) is 4.44. The highest BCUT2D eigenvalue weighted by atomic mass is 16.5. The van der Waals surface area contributed by atoms with Gasteiger partial charge in [-0.05, 0) is 6.42 Å². The predicted molar refractivity (Wildman–Crippen MR) is 57.3 cm³/mol. The van der Waals surface area contributed by atoms with Gasteiger partial charge < -0.3 is 14.4 Å². The molecule has 5 heteroatoms. The van der Waals surface area contributed by atoms with Gasteiger partial charge in [-0.2, -0.15) is 0 Å². The molecule has 0 spiro atoms. The first kappa shape index (κ1) is 12.7. The number of rotatable bonds is 8. The van der Waals surface area contributed by atoms with Gasteiger partial charge >= 0.3 is 5.97 Å². The molecule has 1 rings (SSSR count). The number of aromatic carboxylic acids is 1. The Kier molecular flexibility index (Phi) is 5.56. The largest absolute Gasteiger partial charge is 0.476 e. The lowest BCUT2D eigenvalue weighted by molar-refractivity contribution is 0.0684. The fraction of sp³-hybridized carbons (Fsp3) is 0.636. The van der Waals surface area contributed by atoms with Crippen molar-refractivity contribution < 1.29 is 19.2 Å². The van der Waals surface area contributed by atoms with E-state index in [9.17, 15) is 4.79 Å². The maximum atomic E-state index is 10.5. The van der Waals surface area contributed by atoms with Crippen molar-refractivity contribution in [2.75, 3.05) is 6.61 Å². The van der Waals surface area contributed by atoms with Crippen LogP contribution in [0.25, 0.3) is 0 Å². The first-order chi connectivity index (χ1) is 7.74. The Bertz CT molecular complexity index is 322.